The molecule has 0 aliphatic rings. The lowest BCUT2D eigenvalue weighted by Crippen LogP contribution is -2.12. The van der Waals surface area contributed by atoms with Crippen LogP contribution in [0.15, 0.2) is 42.5 Å². The largest absolute Gasteiger partial charge is 0.491 e. The molecule has 2 rings (SSSR count). The Bertz CT molecular complexity index is 662. The minimum atomic E-state index is -0.310. The van der Waals surface area contributed by atoms with Crippen molar-refractivity contribution in [3.8, 4) is 5.75 Å². The number of methoxy groups -OCH3 is 1. The second-order valence-electron chi connectivity index (χ2n) is 4.45. The van der Waals surface area contributed by atoms with Gasteiger partial charge in [0.25, 0.3) is 5.91 Å². The lowest BCUT2D eigenvalue weighted by atomic mass is 10.2. The number of nitrogens with one attached hydrogen (secondary N) is 1. The van der Waals surface area contributed by atoms with Gasteiger partial charge in [0.05, 0.1) is 17.2 Å². The van der Waals surface area contributed by atoms with Crippen LogP contribution < -0.4 is 10.1 Å². The number of amides is 1. The number of benzene rings is 2. The number of halogens is 2. The Kier molecular flexibility index (Phi) is 6.07. The van der Waals surface area contributed by atoms with Gasteiger partial charge in [0.15, 0.2) is 0 Å². The summed E-state index contributed by atoms with van der Waals surface area (Å²) in [6, 6.07) is 11.8. The van der Waals surface area contributed by atoms with E-state index in [-0.39, 0.29) is 5.91 Å². The van der Waals surface area contributed by atoms with Crippen molar-refractivity contribution in [3.05, 3.63) is 58.1 Å². The van der Waals surface area contributed by atoms with E-state index >= 15 is 0 Å². The summed E-state index contributed by atoms with van der Waals surface area (Å²) in [4.78, 5) is 12.2. The second kappa shape index (κ2) is 8.03. The van der Waals surface area contributed by atoms with Crippen molar-refractivity contribution in [2.45, 2.75) is 0 Å². The molecule has 1 N–H and O–H groups in total. The van der Waals surface area contributed by atoms with Crippen LogP contribution in [-0.2, 0) is 4.74 Å². The molecule has 0 saturated heterocycles. The van der Waals surface area contributed by atoms with Crippen molar-refractivity contribution in [3.63, 3.8) is 0 Å². The molecular weight excluding hydrogens is 325 g/mol. The smallest absolute Gasteiger partial charge is 0.257 e. The van der Waals surface area contributed by atoms with Crippen LogP contribution in [0.25, 0.3) is 0 Å². The Balaban J connectivity index is 2.06. The fourth-order valence-corrected chi connectivity index (χ4v) is 2.27. The molecule has 0 spiro atoms. The lowest BCUT2D eigenvalue weighted by molar-refractivity contribution is 0.102. The van der Waals surface area contributed by atoms with Gasteiger partial charge in [0.1, 0.15) is 12.4 Å². The number of carbonyl (C=O) groups excluding carboxylic acids is 1. The van der Waals surface area contributed by atoms with E-state index in [4.69, 9.17) is 32.7 Å². The highest BCUT2D eigenvalue weighted by Crippen LogP contribution is 2.23. The van der Waals surface area contributed by atoms with Gasteiger partial charge in [0, 0.05) is 23.9 Å². The average molecular weight is 340 g/mol. The molecule has 2 aromatic carbocycles. The van der Waals surface area contributed by atoms with Gasteiger partial charge in [-0.05, 0) is 30.3 Å². The molecule has 0 atom stereocenters. The summed E-state index contributed by atoms with van der Waals surface area (Å²) in [5, 5.41) is 3.56. The quantitative estimate of drug-likeness (QED) is 0.799. The molecule has 0 aromatic heterocycles. The first kappa shape index (κ1) is 16.6. The predicted octanol–water partition coefficient (Wildman–Crippen LogP) is 4.27. The van der Waals surface area contributed by atoms with Crippen molar-refractivity contribution < 1.29 is 14.3 Å². The Labute approximate surface area is 138 Å². The average Bonchev–Trinajstić information content (AvgIpc) is 2.47. The highest BCUT2D eigenvalue weighted by Gasteiger charge is 2.11. The van der Waals surface area contributed by atoms with E-state index in [0.29, 0.717) is 40.3 Å². The van der Waals surface area contributed by atoms with Gasteiger partial charge in [-0.3, -0.25) is 4.79 Å². The van der Waals surface area contributed by atoms with Crippen LogP contribution in [0.4, 0.5) is 5.69 Å². The van der Waals surface area contributed by atoms with E-state index in [0.717, 1.165) is 0 Å². The van der Waals surface area contributed by atoms with Crippen LogP contribution in [0.2, 0.25) is 10.0 Å². The van der Waals surface area contributed by atoms with Crippen molar-refractivity contribution in [2.75, 3.05) is 25.6 Å². The molecular formula is C16H15Cl2NO3. The first-order valence-corrected chi connectivity index (χ1v) is 7.34. The topological polar surface area (TPSA) is 47.6 Å². The van der Waals surface area contributed by atoms with Gasteiger partial charge in [-0.1, -0.05) is 29.3 Å². The zero-order valence-electron chi connectivity index (χ0n) is 11.9. The number of anilines is 1. The summed E-state index contributed by atoms with van der Waals surface area (Å²) in [7, 11) is 1.61. The van der Waals surface area contributed by atoms with Gasteiger partial charge in [-0.15, -0.1) is 0 Å². The van der Waals surface area contributed by atoms with E-state index in [1.165, 1.54) is 6.07 Å². The van der Waals surface area contributed by atoms with E-state index < -0.39 is 0 Å². The monoisotopic (exact) mass is 339 g/mol. The Morgan fingerprint density at radius 1 is 1.14 bits per heavy atom. The normalized spacial score (nSPS) is 10.3. The molecule has 22 heavy (non-hydrogen) atoms. The second-order valence-corrected chi connectivity index (χ2v) is 5.29. The molecule has 6 heteroatoms. The third-order valence-corrected chi connectivity index (χ3v) is 3.37. The van der Waals surface area contributed by atoms with E-state index in [2.05, 4.69) is 5.32 Å². The van der Waals surface area contributed by atoms with Crippen molar-refractivity contribution in [2.24, 2.45) is 0 Å². The summed E-state index contributed by atoms with van der Waals surface area (Å²) in [6.07, 6.45) is 0. The first-order valence-electron chi connectivity index (χ1n) is 6.58. The molecule has 0 heterocycles. The van der Waals surface area contributed by atoms with Crippen LogP contribution in [0, 0.1) is 0 Å². The molecule has 116 valence electrons. The fourth-order valence-electron chi connectivity index (χ4n) is 1.78. The molecule has 1 amide bonds. The van der Waals surface area contributed by atoms with Gasteiger partial charge >= 0.3 is 0 Å². The summed E-state index contributed by atoms with van der Waals surface area (Å²) in [5.41, 5.74) is 0.975. The van der Waals surface area contributed by atoms with Gasteiger partial charge in [0.2, 0.25) is 0 Å². The van der Waals surface area contributed by atoms with Gasteiger partial charge in [-0.2, -0.15) is 0 Å². The van der Waals surface area contributed by atoms with Crippen LogP contribution in [-0.4, -0.2) is 26.2 Å². The van der Waals surface area contributed by atoms with Crippen LogP contribution >= 0.6 is 23.2 Å². The highest BCUT2D eigenvalue weighted by molar-refractivity contribution is 6.37. The molecule has 0 saturated carbocycles. The van der Waals surface area contributed by atoms with E-state index in [1.807, 2.05) is 0 Å². The molecule has 0 unspecified atom stereocenters. The third-order valence-electron chi connectivity index (χ3n) is 2.82. The molecule has 4 nitrogen and oxygen atoms in total. The minimum absolute atomic E-state index is 0.303. The van der Waals surface area contributed by atoms with Crippen molar-refractivity contribution >= 4 is 34.8 Å². The van der Waals surface area contributed by atoms with Crippen LogP contribution in [0.3, 0.4) is 0 Å². The summed E-state index contributed by atoms with van der Waals surface area (Å²) in [5.74, 6) is 0.341. The van der Waals surface area contributed by atoms with Crippen LogP contribution in [0.5, 0.6) is 5.75 Å². The zero-order valence-corrected chi connectivity index (χ0v) is 13.4. The molecule has 0 bridgehead atoms. The zero-order chi connectivity index (χ0) is 15.9. The number of carbonyl (C=O) groups is 1. The molecule has 0 radical (unpaired) electrons. The Morgan fingerprint density at radius 3 is 2.68 bits per heavy atom. The highest BCUT2D eigenvalue weighted by atomic mass is 35.5. The minimum Gasteiger partial charge on any atom is -0.491 e. The third kappa shape index (κ3) is 4.63. The molecule has 0 aliphatic carbocycles. The summed E-state index contributed by atoms with van der Waals surface area (Å²) < 4.78 is 10.4. The van der Waals surface area contributed by atoms with E-state index in [1.54, 1.807) is 43.5 Å². The molecule has 0 aliphatic heterocycles. The number of hydrogen-bond donors (Lipinski definition) is 1. The van der Waals surface area contributed by atoms with Gasteiger partial charge < -0.3 is 14.8 Å². The lowest BCUT2D eigenvalue weighted by Gasteiger charge is -2.10. The fraction of sp³-hybridized carbons (Fsp3) is 0.188. The Hall–Kier alpha value is -1.75. The maximum atomic E-state index is 12.2. The standard InChI is InChI=1S/C16H15Cl2NO3/c1-21-7-8-22-13-4-2-3-12(10-13)19-16(20)14-6-5-11(17)9-15(14)18/h2-6,9-10H,7-8H2,1H3,(H,19,20). The number of hydrogen-bond acceptors (Lipinski definition) is 3. The van der Waals surface area contributed by atoms with Crippen LogP contribution in [0.1, 0.15) is 10.4 Å². The predicted molar refractivity (Wildman–Crippen MR) is 88.2 cm³/mol. The van der Waals surface area contributed by atoms with Gasteiger partial charge in [-0.25, -0.2) is 0 Å². The molecule has 0 fully saturated rings. The molecule has 2 aromatic rings. The maximum Gasteiger partial charge on any atom is 0.257 e. The van der Waals surface area contributed by atoms with Crippen molar-refractivity contribution in [1.29, 1.82) is 0 Å². The first-order chi connectivity index (χ1) is 10.6. The number of ether oxygens (including phenoxy) is 2. The van der Waals surface area contributed by atoms with Crippen molar-refractivity contribution in [1.82, 2.24) is 0 Å². The van der Waals surface area contributed by atoms with E-state index in [9.17, 15) is 4.79 Å². The SMILES string of the molecule is COCCOc1cccc(NC(=O)c2ccc(Cl)cc2Cl)c1. The number of rotatable bonds is 6. The summed E-state index contributed by atoms with van der Waals surface area (Å²) >= 11 is 11.8. The summed E-state index contributed by atoms with van der Waals surface area (Å²) in [6.45, 7) is 0.938. The Morgan fingerprint density at radius 2 is 1.95 bits per heavy atom. The maximum absolute atomic E-state index is 12.2.